The lowest BCUT2D eigenvalue weighted by Crippen LogP contribution is -2.48. The molecule has 7 heteroatoms. The van der Waals surface area contributed by atoms with E-state index < -0.39 is 5.82 Å². The SMILES string of the molecule is C=CC(=O)NC1CC(Oc2cc(-c3cc(F)c(O)cc3CC)cn3cncc23)C1. The number of phenolic OH excluding ortho intramolecular Hbond substituents is 1. The van der Waals surface area contributed by atoms with Crippen LogP contribution in [0.4, 0.5) is 4.39 Å². The van der Waals surface area contributed by atoms with Crippen LogP contribution in [0.1, 0.15) is 25.3 Å². The molecule has 0 unspecified atom stereocenters. The molecule has 1 saturated carbocycles. The smallest absolute Gasteiger partial charge is 0.243 e. The number of halogens is 1. The average molecular weight is 395 g/mol. The Balaban J connectivity index is 1.63. The number of nitrogens with zero attached hydrogens (tertiary/aromatic N) is 2. The fourth-order valence-electron chi connectivity index (χ4n) is 3.63. The Bertz CT molecular complexity index is 1090. The van der Waals surface area contributed by atoms with Gasteiger partial charge in [0.1, 0.15) is 17.4 Å². The van der Waals surface area contributed by atoms with Gasteiger partial charge in [0.25, 0.3) is 0 Å². The number of carbonyl (C=O) groups is 1. The molecule has 0 saturated heterocycles. The summed E-state index contributed by atoms with van der Waals surface area (Å²) in [4.78, 5) is 15.6. The summed E-state index contributed by atoms with van der Waals surface area (Å²) >= 11 is 0. The van der Waals surface area contributed by atoms with Gasteiger partial charge in [-0.15, -0.1) is 0 Å². The number of pyridine rings is 1. The van der Waals surface area contributed by atoms with Gasteiger partial charge in [0.2, 0.25) is 5.91 Å². The lowest BCUT2D eigenvalue weighted by atomic mass is 9.89. The number of carbonyl (C=O) groups excluding carboxylic acids is 1. The van der Waals surface area contributed by atoms with Crippen LogP contribution < -0.4 is 10.1 Å². The molecule has 3 aromatic rings. The highest BCUT2D eigenvalue weighted by molar-refractivity contribution is 5.87. The normalized spacial score (nSPS) is 18.3. The summed E-state index contributed by atoms with van der Waals surface area (Å²) in [5.41, 5.74) is 3.12. The Labute approximate surface area is 167 Å². The molecule has 0 bridgehead atoms. The molecular formula is C22H22FN3O3. The largest absolute Gasteiger partial charge is 0.505 e. The molecule has 4 rings (SSSR count). The van der Waals surface area contributed by atoms with Crippen LogP contribution in [0.15, 0.2) is 49.6 Å². The minimum Gasteiger partial charge on any atom is -0.505 e. The van der Waals surface area contributed by atoms with Crippen molar-refractivity contribution in [3.8, 4) is 22.6 Å². The van der Waals surface area contributed by atoms with Gasteiger partial charge < -0.3 is 19.6 Å². The van der Waals surface area contributed by atoms with Crippen molar-refractivity contribution in [3.63, 3.8) is 0 Å². The number of benzene rings is 1. The number of aromatic nitrogens is 2. The molecule has 0 aliphatic heterocycles. The fourth-order valence-corrected chi connectivity index (χ4v) is 3.63. The van der Waals surface area contributed by atoms with Crippen LogP contribution >= 0.6 is 0 Å². The first-order valence-corrected chi connectivity index (χ1v) is 9.55. The zero-order valence-corrected chi connectivity index (χ0v) is 16.1. The van der Waals surface area contributed by atoms with Crippen molar-refractivity contribution in [2.45, 2.75) is 38.3 Å². The number of nitrogens with one attached hydrogen (secondary N) is 1. The second-order valence-electron chi connectivity index (χ2n) is 7.21. The number of ether oxygens (including phenoxy) is 1. The Morgan fingerprint density at radius 1 is 1.45 bits per heavy atom. The van der Waals surface area contributed by atoms with Gasteiger partial charge in [0.05, 0.1) is 12.5 Å². The number of amides is 1. The number of rotatable bonds is 6. The molecule has 2 aromatic heterocycles. The van der Waals surface area contributed by atoms with Crippen LogP contribution in [0.2, 0.25) is 0 Å². The maximum absolute atomic E-state index is 14.0. The van der Waals surface area contributed by atoms with E-state index in [-0.39, 0.29) is 23.8 Å². The third kappa shape index (κ3) is 3.68. The molecule has 0 atom stereocenters. The minimum absolute atomic E-state index is 0.0266. The van der Waals surface area contributed by atoms with Crippen molar-refractivity contribution in [2.24, 2.45) is 0 Å². The van der Waals surface area contributed by atoms with Crippen molar-refractivity contribution in [1.29, 1.82) is 0 Å². The van der Waals surface area contributed by atoms with E-state index in [1.54, 1.807) is 12.5 Å². The van der Waals surface area contributed by atoms with Gasteiger partial charge in [-0.3, -0.25) is 4.79 Å². The Morgan fingerprint density at radius 2 is 2.24 bits per heavy atom. The predicted molar refractivity (Wildman–Crippen MR) is 107 cm³/mol. The monoisotopic (exact) mass is 395 g/mol. The number of phenols is 1. The van der Waals surface area contributed by atoms with E-state index in [4.69, 9.17) is 4.74 Å². The summed E-state index contributed by atoms with van der Waals surface area (Å²) in [5, 5.41) is 12.6. The molecular weight excluding hydrogens is 373 g/mol. The van der Waals surface area contributed by atoms with Crippen molar-refractivity contribution < 1.29 is 19.0 Å². The zero-order chi connectivity index (χ0) is 20.5. The van der Waals surface area contributed by atoms with Crippen LogP contribution in [0.5, 0.6) is 11.5 Å². The molecule has 1 aliphatic rings. The van der Waals surface area contributed by atoms with Gasteiger partial charge in [0.15, 0.2) is 11.6 Å². The van der Waals surface area contributed by atoms with E-state index >= 15 is 0 Å². The van der Waals surface area contributed by atoms with Crippen molar-refractivity contribution in [2.75, 3.05) is 0 Å². The summed E-state index contributed by atoms with van der Waals surface area (Å²) < 4.78 is 22.1. The average Bonchev–Trinajstić information content (AvgIpc) is 3.16. The van der Waals surface area contributed by atoms with Crippen molar-refractivity contribution in [3.05, 3.63) is 61.0 Å². The van der Waals surface area contributed by atoms with Crippen LogP contribution in [0.25, 0.3) is 16.6 Å². The Hall–Kier alpha value is -3.35. The highest BCUT2D eigenvalue weighted by Crippen LogP contribution is 2.35. The van der Waals surface area contributed by atoms with Crippen LogP contribution in [-0.4, -0.2) is 32.5 Å². The molecule has 0 spiro atoms. The van der Waals surface area contributed by atoms with Gasteiger partial charge in [-0.25, -0.2) is 9.37 Å². The second-order valence-corrected chi connectivity index (χ2v) is 7.21. The minimum atomic E-state index is -0.662. The third-order valence-corrected chi connectivity index (χ3v) is 5.27. The maximum Gasteiger partial charge on any atom is 0.243 e. The highest BCUT2D eigenvalue weighted by Gasteiger charge is 2.32. The van der Waals surface area contributed by atoms with Gasteiger partial charge in [0, 0.05) is 30.6 Å². The predicted octanol–water partition coefficient (Wildman–Crippen LogP) is 3.62. The van der Waals surface area contributed by atoms with Gasteiger partial charge >= 0.3 is 0 Å². The Kier molecular flexibility index (Phi) is 4.96. The van der Waals surface area contributed by atoms with E-state index in [9.17, 15) is 14.3 Å². The summed E-state index contributed by atoms with van der Waals surface area (Å²) in [6.45, 7) is 5.41. The van der Waals surface area contributed by atoms with Crippen LogP contribution in [0.3, 0.4) is 0 Å². The second kappa shape index (κ2) is 7.58. The Morgan fingerprint density at radius 3 is 2.97 bits per heavy atom. The van der Waals surface area contributed by atoms with E-state index in [2.05, 4.69) is 16.9 Å². The number of imidazole rings is 1. The van der Waals surface area contributed by atoms with Crippen molar-refractivity contribution >= 4 is 11.4 Å². The van der Waals surface area contributed by atoms with Gasteiger partial charge in [-0.05, 0) is 41.8 Å². The van der Waals surface area contributed by atoms with Gasteiger partial charge in [-0.1, -0.05) is 13.5 Å². The topological polar surface area (TPSA) is 75.9 Å². The summed E-state index contributed by atoms with van der Waals surface area (Å²) in [7, 11) is 0. The van der Waals surface area contributed by atoms with Crippen LogP contribution in [-0.2, 0) is 11.2 Å². The fraction of sp³-hybridized carbons (Fsp3) is 0.273. The molecule has 1 aromatic carbocycles. The number of aromatic hydroxyl groups is 1. The van der Waals surface area contributed by atoms with Crippen molar-refractivity contribution in [1.82, 2.24) is 14.7 Å². The molecule has 150 valence electrons. The van der Waals surface area contributed by atoms with E-state index in [1.165, 1.54) is 18.2 Å². The maximum atomic E-state index is 14.0. The first kappa shape index (κ1) is 19.0. The van der Waals surface area contributed by atoms with E-state index in [0.717, 1.165) is 16.6 Å². The van der Waals surface area contributed by atoms with Gasteiger partial charge in [-0.2, -0.15) is 0 Å². The lowest BCUT2D eigenvalue weighted by molar-refractivity contribution is -0.118. The highest BCUT2D eigenvalue weighted by atomic mass is 19.1. The molecule has 6 nitrogen and oxygen atoms in total. The molecule has 1 aliphatic carbocycles. The first-order chi connectivity index (χ1) is 14.0. The third-order valence-electron chi connectivity index (χ3n) is 5.27. The quantitative estimate of drug-likeness (QED) is 0.625. The first-order valence-electron chi connectivity index (χ1n) is 9.55. The molecule has 0 radical (unpaired) electrons. The van der Waals surface area contributed by atoms with E-state index in [0.29, 0.717) is 30.6 Å². The summed E-state index contributed by atoms with van der Waals surface area (Å²) in [6.07, 6.45) is 8.55. The standard InChI is InChI=1S/C22H22FN3O3/c1-3-13-5-20(27)18(23)9-17(13)14-6-21(19-10-24-12-26(19)11-14)29-16-7-15(8-16)25-22(28)4-2/h4-6,9-12,15-16,27H,2-3,7-8H2,1H3,(H,25,28). The zero-order valence-electron chi connectivity index (χ0n) is 16.1. The van der Waals surface area contributed by atoms with E-state index in [1.807, 2.05) is 23.6 Å². The molecule has 1 fully saturated rings. The molecule has 2 heterocycles. The number of hydrogen-bond donors (Lipinski definition) is 2. The number of aryl methyl sites for hydroxylation is 1. The summed E-state index contributed by atoms with van der Waals surface area (Å²) in [5.74, 6) is -0.554. The number of hydrogen-bond acceptors (Lipinski definition) is 4. The molecule has 1 amide bonds. The summed E-state index contributed by atoms with van der Waals surface area (Å²) in [6, 6.07) is 4.76. The number of fused-ring (bicyclic) bond motifs is 1. The van der Waals surface area contributed by atoms with Crippen LogP contribution in [0, 0.1) is 5.82 Å². The molecule has 29 heavy (non-hydrogen) atoms. The molecule has 2 N–H and O–H groups in total. The lowest BCUT2D eigenvalue weighted by Gasteiger charge is -2.35.